The second-order valence-corrected chi connectivity index (χ2v) is 6.22. The van der Waals surface area contributed by atoms with Gasteiger partial charge in [-0.3, -0.25) is 9.59 Å². The van der Waals surface area contributed by atoms with E-state index < -0.39 is 0 Å². The minimum Gasteiger partial charge on any atom is -0.354 e. The zero-order chi connectivity index (χ0) is 17.5. The molecule has 126 valence electrons. The van der Waals surface area contributed by atoms with Crippen LogP contribution in [0.3, 0.4) is 0 Å². The van der Waals surface area contributed by atoms with Crippen LogP contribution in [0.1, 0.15) is 12.5 Å². The summed E-state index contributed by atoms with van der Waals surface area (Å²) in [5, 5.41) is 2.78. The maximum absolute atomic E-state index is 12.8. The smallest absolute Gasteiger partial charge is 0.240 e. The van der Waals surface area contributed by atoms with E-state index in [0.717, 1.165) is 10.0 Å². The van der Waals surface area contributed by atoms with Crippen molar-refractivity contribution in [2.24, 2.45) is 0 Å². The summed E-state index contributed by atoms with van der Waals surface area (Å²) in [6.07, 6.45) is 0.602. The van der Waals surface area contributed by atoms with Crippen molar-refractivity contribution < 1.29 is 14.0 Å². The number of anilines is 1. The number of benzene rings is 2. The molecule has 0 atom stereocenters. The average molecular weight is 393 g/mol. The molecular formula is C18H18BrFN2O2. The van der Waals surface area contributed by atoms with E-state index in [-0.39, 0.29) is 24.2 Å². The molecule has 2 rings (SSSR count). The Morgan fingerprint density at radius 1 is 1.08 bits per heavy atom. The van der Waals surface area contributed by atoms with Crippen LogP contribution in [0.15, 0.2) is 53.0 Å². The van der Waals surface area contributed by atoms with Crippen molar-refractivity contribution in [2.45, 2.75) is 13.3 Å². The van der Waals surface area contributed by atoms with Gasteiger partial charge in [0.05, 0.1) is 0 Å². The molecule has 0 unspecified atom stereocenters. The molecule has 24 heavy (non-hydrogen) atoms. The first-order valence-corrected chi connectivity index (χ1v) is 8.30. The summed E-state index contributed by atoms with van der Waals surface area (Å²) in [4.78, 5) is 25.3. The van der Waals surface area contributed by atoms with Crippen LogP contribution in [-0.2, 0) is 16.0 Å². The van der Waals surface area contributed by atoms with E-state index >= 15 is 0 Å². The summed E-state index contributed by atoms with van der Waals surface area (Å²) in [5.74, 6) is -0.726. The number of nitrogens with zero attached hydrogens (tertiary/aromatic N) is 1. The zero-order valence-electron chi connectivity index (χ0n) is 13.3. The molecule has 0 aliphatic rings. The molecule has 0 aromatic heterocycles. The standard InChI is InChI=1S/C18H18BrFN2O2/c1-13(23)22(17-8-4-15(19)5-9-17)12-18(24)21-11-10-14-2-6-16(20)7-3-14/h2-9H,10-12H2,1H3,(H,21,24). The fraction of sp³-hybridized carbons (Fsp3) is 0.222. The van der Waals surface area contributed by atoms with Gasteiger partial charge in [0.15, 0.2) is 0 Å². The molecule has 0 saturated heterocycles. The normalized spacial score (nSPS) is 10.3. The topological polar surface area (TPSA) is 49.4 Å². The third-order valence-electron chi connectivity index (χ3n) is 3.47. The SMILES string of the molecule is CC(=O)N(CC(=O)NCCc1ccc(F)cc1)c1ccc(Br)cc1. The highest BCUT2D eigenvalue weighted by Crippen LogP contribution is 2.18. The molecule has 2 amide bonds. The van der Waals surface area contributed by atoms with Gasteiger partial charge in [0, 0.05) is 23.6 Å². The Balaban J connectivity index is 1.87. The number of carbonyl (C=O) groups excluding carboxylic acids is 2. The van der Waals surface area contributed by atoms with Gasteiger partial charge in [0.25, 0.3) is 0 Å². The Bertz CT molecular complexity index is 702. The van der Waals surface area contributed by atoms with Gasteiger partial charge in [-0.05, 0) is 48.4 Å². The Morgan fingerprint density at radius 3 is 2.29 bits per heavy atom. The largest absolute Gasteiger partial charge is 0.354 e. The molecule has 2 aromatic rings. The van der Waals surface area contributed by atoms with E-state index in [1.807, 2.05) is 12.1 Å². The summed E-state index contributed by atoms with van der Waals surface area (Å²) in [6, 6.07) is 13.3. The van der Waals surface area contributed by atoms with E-state index in [0.29, 0.717) is 18.7 Å². The van der Waals surface area contributed by atoms with Gasteiger partial charge in [0.2, 0.25) is 11.8 Å². The number of hydrogen-bond acceptors (Lipinski definition) is 2. The molecule has 0 saturated carbocycles. The first kappa shape index (κ1) is 18.1. The number of hydrogen-bond donors (Lipinski definition) is 1. The molecule has 0 fully saturated rings. The maximum Gasteiger partial charge on any atom is 0.240 e. The number of rotatable bonds is 6. The second kappa shape index (κ2) is 8.59. The van der Waals surface area contributed by atoms with Crippen molar-refractivity contribution in [1.82, 2.24) is 5.32 Å². The maximum atomic E-state index is 12.8. The van der Waals surface area contributed by atoms with E-state index in [2.05, 4.69) is 21.2 Å². The molecule has 2 aromatic carbocycles. The molecule has 0 aliphatic heterocycles. The fourth-order valence-electron chi connectivity index (χ4n) is 2.20. The Labute approximate surface area is 148 Å². The van der Waals surface area contributed by atoms with Crippen LogP contribution in [0.25, 0.3) is 0 Å². The molecule has 0 radical (unpaired) electrons. The highest BCUT2D eigenvalue weighted by Gasteiger charge is 2.15. The molecule has 0 heterocycles. The Hall–Kier alpha value is -2.21. The van der Waals surface area contributed by atoms with Crippen LogP contribution in [-0.4, -0.2) is 24.9 Å². The van der Waals surface area contributed by atoms with Crippen LogP contribution >= 0.6 is 15.9 Å². The van der Waals surface area contributed by atoms with Crippen molar-refractivity contribution >= 4 is 33.4 Å². The third kappa shape index (κ3) is 5.45. The van der Waals surface area contributed by atoms with Crippen molar-refractivity contribution in [3.8, 4) is 0 Å². The van der Waals surface area contributed by atoms with Crippen molar-refractivity contribution in [3.05, 3.63) is 64.4 Å². The van der Waals surface area contributed by atoms with E-state index in [9.17, 15) is 14.0 Å². The first-order valence-electron chi connectivity index (χ1n) is 7.50. The number of amides is 2. The van der Waals surface area contributed by atoms with Crippen LogP contribution in [0, 0.1) is 5.82 Å². The summed E-state index contributed by atoms with van der Waals surface area (Å²) in [6.45, 7) is 1.81. The summed E-state index contributed by atoms with van der Waals surface area (Å²) < 4.78 is 13.7. The average Bonchev–Trinajstić information content (AvgIpc) is 2.55. The molecular weight excluding hydrogens is 375 g/mol. The molecule has 0 bridgehead atoms. The fourth-order valence-corrected chi connectivity index (χ4v) is 2.47. The van der Waals surface area contributed by atoms with Crippen molar-refractivity contribution in [3.63, 3.8) is 0 Å². The Kier molecular flexibility index (Phi) is 6.49. The highest BCUT2D eigenvalue weighted by molar-refractivity contribution is 9.10. The molecule has 4 nitrogen and oxygen atoms in total. The molecule has 6 heteroatoms. The van der Waals surface area contributed by atoms with Crippen LogP contribution in [0.5, 0.6) is 0 Å². The number of carbonyl (C=O) groups is 2. The predicted octanol–water partition coefficient (Wildman–Crippen LogP) is 3.30. The lowest BCUT2D eigenvalue weighted by Gasteiger charge is -2.20. The zero-order valence-corrected chi connectivity index (χ0v) is 14.8. The van der Waals surface area contributed by atoms with Gasteiger partial charge in [-0.1, -0.05) is 28.1 Å². The summed E-state index contributed by atoms with van der Waals surface area (Å²) in [7, 11) is 0. The lowest BCUT2D eigenvalue weighted by Crippen LogP contribution is -2.40. The Morgan fingerprint density at radius 2 is 1.71 bits per heavy atom. The van der Waals surface area contributed by atoms with Gasteiger partial charge in [0.1, 0.15) is 12.4 Å². The van der Waals surface area contributed by atoms with Gasteiger partial charge in [-0.15, -0.1) is 0 Å². The minimum absolute atomic E-state index is 0.0413. The third-order valence-corrected chi connectivity index (χ3v) is 4.00. The summed E-state index contributed by atoms with van der Waals surface area (Å²) >= 11 is 3.34. The second-order valence-electron chi connectivity index (χ2n) is 5.31. The quantitative estimate of drug-likeness (QED) is 0.819. The molecule has 0 aliphatic carbocycles. The molecule has 1 N–H and O–H groups in total. The van der Waals surface area contributed by atoms with Crippen LogP contribution in [0.2, 0.25) is 0 Å². The van der Waals surface area contributed by atoms with E-state index in [1.165, 1.54) is 24.0 Å². The van der Waals surface area contributed by atoms with Crippen molar-refractivity contribution in [1.29, 1.82) is 0 Å². The lowest BCUT2D eigenvalue weighted by molar-refractivity contribution is -0.123. The highest BCUT2D eigenvalue weighted by atomic mass is 79.9. The monoisotopic (exact) mass is 392 g/mol. The van der Waals surface area contributed by atoms with E-state index in [4.69, 9.17) is 0 Å². The minimum atomic E-state index is -0.283. The van der Waals surface area contributed by atoms with Gasteiger partial charge >= 0.3 is 0 Å². The summed E-state index contributed by atoms with van der Waals surface area (Å²) in [5.41, 5.74) is 1.60. The van der Waals surface area contributed by atoms with Crippen LogP contribution < -0.4 is 10.2 Å². The van der Waals surface area contributed by atoms with Crippen LogP contribution in [0.4, 0.5) is 10.1 Å². The van der Waals surface area contributed by atoms with Crippen molar-refractivity contribution in [2.75, 3.05) is 18.0 Å². The number of halogens is 2. The van der Waals surface area contributed by atoms with E-state index in [1.54, 1.807) is 24.3 Å². The molecule has 0 spiro atoms. The first-order chi connectivity index (χ1) is 11.5. The van der Waals surface area contributed by atoms with Gasteiger partial charge in [-0.25, -0.2) is 4.39 Å². The number of nitrogens with one attached hydrogen (secondary N) is 1. The van der Waals surface area contributed by atoms with Gasteiger partial charge in [-0.2, -0.15) is 0 Å². The van der Waals surface area contributed by atoms with Gasteiger partial charge < -0.3 is 10.2 Å². The predicted molar refractivity (Wildman–Crippen MR) is 95.3 cm³/mol. The lowest BCUT2D eigenvalue weighted by atomic mass is 10.1.